The highest BCUT2D eigenvalue weighted by molar-refractivity contribution is 5.69. The van der Waals surface area contributed by atoms with Gasteiger partial charge in [0.1, 0.15) is 17.9 Å². The van der Waals surface area contributed by atoms with E-state index in [1.165, 1.54) is 0 Å². The van der Waals surface area contributed by atoms with Crippen LogP contribution in [0.3, 0.4) is 0 Å². The van der Waals surface area contributed by atoms with Crippen LogP contribution in [-0.2, 0) is 7.05 Å². The fourth-order valence-corrected chi connectivity index (χ4v) is 4.29. The molecule has 0 spiro atoms. The Labute approximate surface area is 204 Å². The first-order valence-electron chi connectivity index (χ1n) is 11.6. The Morgan fingerprint density at radius 1 is 1.11 bits per heavy atom. The van der Waals surface area contributed by atoms with Crippen molar-refractivity contribution >= 4 is 5.69 Å². The van der Waals surface area contributed by atoms with Crippen LogP contribution in [0.4, 0.5) is 5.69 Å². The van der Waals surface area contributed by atoms with Gasteiger partial charge in [0, 0.05) is 43.3 Å². The van der Waals surface area contributed by atoms with Crippen LogP contribution < -0.4 is 15.4 Å². The standard InChI is InChI=1S/C27H27N7O/c1-18(20-8-9-23(11-28)29-13-20)12-31-26(19-6-4-3-5-7-19)25-16-30-24-10-21(14-32-27(24)35-25)22-15-33-34(2)17-22/h3-10,13-15,17-18,25-26,30-31H,12,16H2,1-2H3/t18-,25-,26+/m0/s1. The van der Waals surface area contributed by atoms with Crippen molar-refractivity contribution in [2.75, 3.05) is 18.4 Å². The van der Waals surface area contributed by atoms with E-state index in [0.29, 0.717) is 18.1 Å². The van der Waals surface area contributed by atoms with Gasteiger partial charge in [0.15, 0.2) is 0 Å². The third kappa shape index (κ3) is 5.00. The molecule has 8 nitrogen and oxygen atoms in total. The van der Waals surface area contributed by atoms with Crippen molar-refractivity contribution in [3.8, 4) is 23.1 Å². The molecule has 0 fully saturated rings. The maximum atomic E-state index is 9.00. The number of aromatic nitrogens is 4. The van der Waals surface area contributed by atoms with Crippen molar-refractivity contribution in [2.45, 2.75) is 25.0 Å². The van der Waals surface area contributed by atoms with E-state index in [9.17, 15) is 0 Å². The van der Waals surface area contributed by atoms with Crippen LogP contribution in [0.2, 0.25) is 0 Å². The Morgan fingerprint density at radius 3 is 2.69 bits per heavy atom. The van der Waals surface area contributed by atoms with Gasteiger partial charge in [-0.25, -0.2) is 9.97 Å². The number of ether oxygens (including phenoxy) is 1. The zero-order valence-electron chi connectivity index (χ0n) is 19.7. The lowest BCUT2D eigenvalue weighted by atomic mass is 9.97. The summed E-state index contributed by atoms with van der Waals surface area (Å²) in [6.45, 7) is 3.52. The molecule has 0 unspecified atom stereocenters. The number of anilines is 1. The topological polar surface area (TPSA) is 101 Å². The predicted molar refractivity (Wildman–Crippen MR) is 134 cm³/mol. The highest BCUT2D eigenvalue weighted by Crippen LogP contribution is 2.34. The third-order valence-corrected chi connectivity index (χ3v) is 6.29. The van der Waals surface area contributed by atoms with Crippen molar-refractivity contribution in [1.82, 2.24) is 25.1 Å². The first kappa shape index (κ1) is 22.6. The summed E-state index contributed by atoms with van der Waals surface area (Å²) in [5, 5.41) is 20.5. The molecule has 0 bridgehead atoms. The molecule has 176 valence electrons. The number of nitrogens with one attached hydrogen (secondary N) is 2. The number of pyridine rings is 2. The Kier molecular flexibility index (Phi) is 6.42. The Balaban J connectivity index is 1.33. The fraction of sp³-hybridized carbons (Fsp3) is 0.259. The molecular weight excluding hydrogens is 438 g/mol. The predicted octanol–water partition coefficient (Wildman–Crippen LogP) is 4.06. The SMILES string of the molecule is C[C@@H](CN[C@H](c1ccccc1)[C@@H]1CNc2cc(-c3cnn(C)c3)cnc2O1)c1ccc(C#N)nc1. The Hall–Kier alpha value is -4.22. The summed E-state index contributed by atoms with van der Waals surface area (Å²) in [4.78, 5) is 8.82. The van der Waals surface area contributed by atoms with E-state index in [1.54, 1.807) is 16.9 Å². The molecule has 3 aromatic heterocycles. The van der Waals surface area contributed by atoms with Gasteiger partial charge in [0.2, 0.25) is 5.88 Å². The molecule has 1 aromatic carbocycles. The molecule has 1 aliphatic rings. The second-order valence-corrected chi connectivity index (χ2v) is 8.80. The highest BCUT2D eigenvalue weighted by atomic mass is 16.5. The third-order valence-electron chi connectivity index (χ3n) is 6.29. The van der Waals surface area contributed by atoms with Crippen LogP contribution in [0.15, 0.2) is 73.3 Å². The molecular formula is C27H27N7O. The maximum Gasteiger partial charge on any atom is 0.237 e. The second-order valence-electron chi connectivity index (χ2n) is 8.80. The van der Waals surface area contributed by atoms with E-state index in [0.717, 1.165) is 34.5 Å². The van der Waals surface area contributed by atoms with Gasteiger partial charge in [-0.3, -0.25) is 4.68 Å². The quantitative estimate of drug-likeness (QED) is 0.425. The molecule has 4 aromatic rings. The van der Waals surface area contributed by atoms with Crippen LogP contribution >= 0.6 is 0 Å². The molecule has 0 radical (unpaired) electrons. The van der Waals surface area contributed by atoms with E-state index >= 15 is 0 Å². The number of rotatable bonds is 7. The number of benzene rings is 1. The van der Waals surface area contributed by atoms with Crippen molar-refractivity contribution in [3.63, 3.8) is 0 Å². The normalized spacial score (nSPS) is 16.3. The van der Waals surface area contributed by atoms with Crippen molar-refractivity contribution < 1.29 is 4.74 Å². The minimum Gasteiger partial charge on any atom is -0.469 e. The Bertz CT molecular complexity index is 1330. The summed E-state index contributed by atoms with van der Waals surface area (Å²) in [5.41, 5.74) is 5.55. The van der Waals surface area contributed by atoms with Gasteiger partial charge in [-0.1, -0.05) is 43.3 Å². The number of hydrogen-bond donors (Lipinski definition) is 2. The van der Waals surface area contributed by atoms with Crippen LogP contribution in [0, 0.1) is 11.3 Å². The second kappa shape index (κ2) is 9.95. The molecule has 3 atom stereocenters. The summed E-state index contributed by atoms with van der Waals surface area (Å²) in [7, 11) is 1.90. The summed E-state index contributed by atoms with van der Waals surface area (Å²) in [6, 6.07) is 18.1. The molecule has 4 heterocycles. The molecule has 0 aliphatic carbocycles. The lowest BCUT2D eigenvalue weighted by Crippen LogP contribution is -2.43. The summed E-state index contributed by atoms with van der Waals surface area (Å²) in [5.74, 6) is 0.811. The van der Waals surface area contributed by atoms with E-state index in [2.05, 4.69) is 56.9 Å². The Morgan fingerprint density at radius 2 is 1.97 bits per heavy atom. The zero-order valence-corrected chi connectivity index (χ0v) is 19.7. The van der Waals surface area contributed by atoms with Crippen LogP contribution in [0.5, 0.6) is 5.88 Å². The van der Waals surface area contributed by atoms with E-state index in [-0.39, 0.29) is 18.1 Å². The monoisotopic (exact) mass is 465 g/mol. The van der Waals surface area contributed by atoms with Gasteiger partial charge >= 0.3 is 0 Å². The molecule has 8 heteroatoms. The van der Waals surface area contributed by atoms with E-state index in [4.69, 9.17) is 10.00 Å². The van der Waals surface area contributed by atoms with Gasteiger partial charge < -0.3 is 15.4 Å². The zero-order chi connectivity index (χ0) is 24.2. The largest absolute Gasteiger partial charge is 0.469 e. The number of hydrogen-bond acceptors (Lipinski definition) is 7. The molecule has 35 heavy (non-hydrogen) atoms. The molecule has 0 amide bonds. The molecule has 0 saturated heterocycles. The van der Waals surface area contributed by atoms with Crippen LogP contribution in [0.1, 0.15) is 35.7 Å². The van der Waals surface area contributed by atoms with Crippen molar-refractivity contribution in [1.29, 1.82) is 5.26 Å². The smallest absolute Gasteiger partial charge is 0.237 e. The van der Waals surface area contributed by atoms with E-state index in [1.807, 2.05) is 49.9 Å². The fourth-order valence-electron chi connectivity index (χ4n) is 4.29. The van der Waals surface area contributed by atoms with Crippen molar-refractivity contribution in [3.05, 3.63) is 90.1 Å². The highest BCUT2D eigenvalue weighted by Gasteiger charge is 2.30. The minimum atomic E-state index is -0.145. The van der Waals surface area contributed by atoms with Crippen molar-refractivity contribution in [2.24, 2.45) is 7.05 Å². The molecule has 1 aliphatic heterocycles. The first-order chi connectivity index (χ1) is 17.1. The number of nitriles is 1. The molecule has 2 N–H and O–H groups in total. The number of aryl methyl sites for hydroxylation is 1. The van der Waals surface area contributed by atoms with Gasteiger partial charge in [-0.15, -0.1) is 0 Å². The van der Waals surface area contributed by atoms with Crippen LogP contribution in [0.25, 0.3) is 11.1 Å². The number of fused-ring (bicyclic) bond motifs is 1. The summed E-state index contributed by atoms with van der Waals surface area (Å²) < 4.78 is 8.19. The van der Waals surface area contributed by atoms with Gasteiger partial charge in [0.05, 0.1) is 24.5 Å². The summed E-state index contributed by atoms with van der Waals surface area (Å²) in [6.07, 6.45) is 7.25. The lowest BCUT2D eigenvalue weighted by molar-refractivity contribution is 0.149. The summed E-state index contributed by atoms with van der Waals surface area (Å²) >= 11 is 0. The first-order valence-corrected chi connectivity index (χ1v) is 11.6. The lowest BCUT2D eigenvalue weighted by Gasteiger charge is -2.34. The van der Waals surface area contributed by atoms with Gasteiger partial charge in [-0.05, 0) is 29.2 Å². The van der Waals surface area contributed by atoms with E-state index < -0.39 is 0 Å². The van der Waals surface area contributed by atoms with Gasteiger partial charge in [-0.2, -0.15) is 10.4 Å². The van der Waals surface area contributed by atoms with Crippen LogP contribution in [-0.4, -0.2) is 38.9 Å². The molecule has 5 rings (SSSR count). The average Bonchev–Trinajstić information content (AvgIpc) is 3.35. The molecule has 0 saturated carbocycles. The minimum absolute atomic E-state index is 0.0366. The maximum absolute atomic E-state index is 9.00. The number of nitrogens with zero attached hydrogens (tertiary/aromatic N) is 5. The van der Waals surface area contributed by atoms with Gasteiger partial charge in [0.25, 0.3) is 0 Å². The average molecular weight is 466 g/mol.